The van der Waals surface area contributed by atoms with E-state index in [-0.39, 0.29) is 19.0 Å². The van der Waals surface area contributed by atoms with Crippen LogP contribution in [0.25, 0.3) is 0 Å². The van der Waals surface area contributed by atoms with E-state index in [9.17, 15) is 9.59 Å². The van der Waals surface area contributed by atoms with E-state index in [1.54, 1.807) is 38.3 Å². The van der Waals surface area contributed by atoms with Crippen LogP contribution in [0.2, 0.25) is 5.02 Å². The maximum atomic E-state index is 12.6. The molecule has 0 aliphatic heterocycles. The Morgan fingerprint density at radius 2 is 1.84 bits per heavy atom. The van der Waals surface area contributed by atoms with Gasteiger partial charge in [0, 0.05) is 17.1 Å². The first-order chi connectivity index (χ1) is 15.5. The molecular formula is C21H23ClN6O4. The Morgan fingerprint density at radius 3 is 2.50 bits per heavy atom. The fraction of sp³-hybridized carbons (Fsp3) is 0.286. The topological polar surface area (TPSA) is 120 Å². The van der Waals surface area contributed by atoms with Crippen LogP contribution >= 0.6 is 11.6 Å². The van der Waals surface area contributed by atoms with Gasteiger partial charge in [-0.25, -0.2) is 9.59 Å². The monoisotopic (exact) mass is 458 g/mol. The number of benzene rings is 2. The van der Waals surface area contributed by atoms with Gasteiger partial charge in [-0.3, -0.25) is 0 Å². The highest BCUT2D eigenvalue weighted by Gasteiger charge is 2.21. The van der Waals surface area contributed by atoms with Gasteiger partial charge in [-0.1, -0.05) is 23.7 Å². The SMILES string of the molecule is CCOC(=O)Cn1nnc([C@H](Cc2ccc(OC)cc2)NC(=O)Nc2ccc(Cl)cc2)n1. The van der Waals surface area contributed by atoms with E-state index in [0.29, 0.717) is 17.1 Å². The maximum absolute atomic E-state index is 12.6. The Morgan fingerprint density at radius 1 is 1.12 bits per heavy atom. The Bertz CT molecular complexity index is 1040. The minimum Gasteiger partial charge on any atom is -0.497 e. The number of halogens is 1. The first-order valence-electron chi connectivity index (χ1n) is 9.86. The molecule has 0 spiro atoms. The number of hydrogen-bond acceptors (Lipinski definition) is 7. The van der Waals surface area contributed by atoms with E-state index in [2.05, 4.69) is 26.0 Å². The molecule has 0 aliphatic carbocycles. The molecule has 11 heteroatoms. The molecule has 3 rings (SSSR count). The van der Waals surface area contributed by atoms with Gasteiger partial charge in [0.15, 0.2) is 12.4 Å². The molecule has 10 nitrogen and oxygen atoms in total. The van der Waals surface area contributed by atoms with Crippen molar-refractivity contribution in [3.05, 3.63) is 64.9 Å². The molecule has 1 heterocycles. The summed E-state index contributed by atoms with van der Waals surface area (Å²) in [5, 5.41) is 18.3. The van der Waals surface area contributed by atoms with Crippen LogP contribution in [0.4, 0.5) is 10.5 Å². The third-order valence-electron chi connectivity index (χ3n) is 4.36. The Kier molecular flexibility index (Phi) is 7.98. The Labute approximate surface area is 189 Å². The molecule has 0 saturated carbocycles. The maximum Gasteiger partial charge on any atom is 0.329 e. The molecule has 0 saturated heterocycles. The van der Waals surface area contributed by atoms with Crippen molar-refractivity contribution in [2.45, 2.75) is 25.9 Å². The van der Waals surface area contributed by atoms with Crippen molar-refractivity contribution in [3.63, 3.8) is 0 Å². The lowest BCUT2D eigenvalue weighted by Crippen LogP contribution is -2.34. The number of amides is 2. The second-order valence-corrected chi connectivity index (χ2v) is 7.13. The summed E-state index contributed by atoms with van der Waals surface area (Å²) in [7, 11) is 1.59. The van der Waals surface area contributed by atoms with Crippen LogP contribution in [0, 0.1) is 0 Å². The van der Waals surface area contributed by atoms with Crippen molar-refractivity contribution < 1.29 is 19.1 Å². The van der Waals surface area contributed by atoms with Crippen LogP contribution in [-0.4, -0.2) is 45.9 Å². The number of hydrogen-bond donors (Lipinski definition) is 2. The summed E-state index contributed by atoms with van der Waals surface area (Å²) < 4.78 is 10.1. The smallest absolute Gasteiger partial charge is 0.329 e. The van der Waals surface area contributed by atoms with Crippen molar-refractivity contribution in [2.24, 2.45) is 0 Å². The zero-order chi connectivity index (χ0) is 22.9. The molecule has 2 aromatic carbocycles. The fourth-order valence-corrected chi connectivity index (χ4v) is 2.97. The molecule has 0 radical (unpaired) electrons. The van der Waals surface area contributed by atoms with Gasteiger partial charge in [-0.15, -0.1) is 10.2 Å². The molecule has 32 heavy (non-hydrogen) atoms. The Balaban J connectivity index is 1.75. The minimum absolute atomic E-state index is 0.174. The van der Waals surface area contributed by atoms with E-state index in [1.165, 1.54) is 0 Å². The number of rotatable bonds is 9. The van der Waals surface area contributed by atoms with Crippen molar-refractivity contribution in [2.75, 3.05) is 19.0 Å². The normalized spacial score (nSPS) is 11.5. The highest BCUT2D eigenvalue weighted by atomic mass is 35.5. The average Bonchev–Trinajstić information content (AvgIpc) is 3.24. The summed E-state index contributed by atoms with van der Waals surface area (Å²) in [6.45, 7) is 1.80. The number of esters is 1. The van der Waals surface area contributed by atoms with Gasteiger partial charge in [0.2, 0.25) is 0 Å². The minimum atomic E-state index is -0.605. The summed E-state index contributed by atoms with van der Waals surface area (Å²) >= 11 is 5.89. The van der Waals surface area contributed by atoms with Gasteiger partial charge in [-0.05, 0) is 54.1 Å². The molecule has 0 aliphatic rings. The van der Waals surface area contributed by atoms with E-state index < -0.39 is 18.0 Å². The van der Waals surface area contributed by atoms with Crippen molar-refractivity contribution in [1.82, 2.24) is 25.5 Å². The summed E-state index contributed by atoms with van der Waals surface area (Å²) in [6, 6.07) is 13.1. The zero-order valence-corrected chi connectivity index (χ0v) is 18.4. The van der Waals surface area contributed by atoms with Crippen LogP contribution in [-0.2, 0) is 22.5 Å². The number of anilines is 1. The van der Waals surface area contributed by atoms with Crippen molar-refractivity contribution >= 4 is 29.3 Å². The number of nitrogens with zero attached hydrogens (tertiary/aromatic N) is 4. The lowest BCUT2D eigenvalue weighted by molar-refractivity contribution is -0.144. The number of nitrogens with one attached hydrogen (secondary N) is 2. The lowest BCUT2D eigenvalue weighted by Gasteiger charge is -2.16. The summed E-state index contributed by atoms with van der Waals surface area (Å²) in [5.74, 6) is 0.505. The third kappa shape index (κ3) is 6.67. The van der Waals surface area contributed by atoms with Crippen LogP contribution < -0.4 is 15.4 Å². The van der Waals surface area contributed by atoms with Crippen LogP contribution in [0.1, 0.15) is 24.4 Å². The third-order valence-corrected chi connectivity index (χ3v) is 4.61. The number of tetrazole rings is 1. The largest absolute Gasteiger partial charge is 0.497 e. The van der Waals surface area contributed by atoms with E-state index in [1.807, 2.05) is 24.3 Å². The molecule has 3 aromatic rings. The first-order valence-corrected chi connectivity index (χ1v) is 10.2. The highest BCUT2D eigenvalue weighted by Crippen LogP contribution is 2.19. The van der Waals surface area contributed by atoms with Crippen molar-refractivity contribution in [3.8, 4) is 5.75 Å². The number of methoxy groups -OCH3 is 1. The molecule has 0 bridgehead atoms. The number of carbonyl (C=O) groups is 2. The van der Waals surface area contributed by atoms with Gasteiger partial charge in [0.25, 0.3) is 0 Å². The van der Waals surface area contributed by atoms with Crippen LogP contribution in [0.3, 0.4) is 0 Å². The lowest BCUT2D eigenvalue weighted by atomic mass is 10.1. The zero-order valence-electron chi connectivity index (χ0n) is 17.6. The number of ether oxygens (including phenoxy) is 2. The summed E-state index contributed by atoms with van der Waals surface area (Å²) in [6.07, 6.45) is 0.392. The first kappa shape index (κ1) is 23.0. The second kappa shape index (κ2) is 11.1. The molecule has 1 atom stereocenters. The van der Waals surface area contributed by atoms with Gasteiger partial charge < -0.3 is 20.1 Å². The second-order valence-electron chi connectivity index (χ2n) is 6.69. The van der Waals surface area contributed by atoms with E-state index >= 15 is 0 Å². The number of carbonyl (C=O) groups excluding carboxylic acids is 2. The highest BCUT2D eigenvalue weighted by molar-refractivity contribution is 6.30. The van der Waals surface area contributed by atoms with Gasteiger partial charge in [0.1, 0.15) is 5.75 Å². The van der Waals surface area contributed by atoms with Gasteiger partial charge >= 0.3 is 12.0 Å². The molecular weight excluding hydrogens is 436 g/mol. The quantitative estimate of drug-likeness (QED) is 0.473. The fourth-order valence-electron chi connectivity index (χ4n) is 2.85. The molecule has 168 valence electrons. The predicted octanol–water partition coefficient (Wildman–Crippen LogP) is 3.00. The molecule has 1 aromatic heterocycles. The molecule has 0 unspecified atom stereocenters. The summed E-state index contributed by atoms with van der Waals surface area (Å²) in [4.78, 5) is 25.4. The van der Waals surface area contributed by atoms with Crippen molar-refractivity contribution in [1.29, 1.82) is 0 Å². The predicted molar refractivity (Wildman–Crippen MR) is 117 cm³/mol. The van der Waals surface area contributed by atoms with Gasteiger partial charge in [-0.2, -0.15) is 4.80 Å². The van der Waals surface area contributed by atoms with E-state index in [4.69, 9.17) is 21.1 Å². The Hall–Kier alpha value is -3.66. The van der Waals surface area contributed by atoms with E-state index in [0.717, 1.165) is 16.1 Å². The average molecular weight is 459 g/mol. The number of urea groups is 1. The number of aromatic nitrogens is 4. The molecule has 2 amide bonds. The molecule has 2 N–H and O–H groups in total. The van der Waals surface area contributed by atoms with Gasteiger partial charge in [0.05, 0.1) is 19.8 Å². The van der Waals surface area contributed by atoms with Crippen LogP contribution in [0.15, 0.2) is 48.5 Å². The molecule has 0 fully saturated rings. The standard InChI is InChI=1S/C21H23ClN6O4/c1-3-32-19(29)13-28-26-20(25-27-28)18(12-14-4-10-17(31-2)11-5-14)24-21(30)23-16-8-6-15(22)7-9-16/h4-11,18H,3,12-13H2,1-2H3,(H2,23,24,30)/t18-/m0/s1. The summed E-state index contributed by atoms with van der Waals surface area (Å²) in [5.41, 5.74) is 1.50. The van der Waals surface area contributed by atoms with Crippen LogP contribution in [0.5, 0.6) is 5.75 Å².